The van der Waals surface area contributed by atoms with Crippen LogP contribution in [-0.2, 0) is 4.74 Å². The van der Waals surface area contributed by atoms with Gasteiger partial charge in [0.25, 0.3) is 0 Å². The predicted molar refractivity (Wildman–Crippen MR) is 102 cm³/mol. The van der Waals surface area contributed by atoms with E-state index < -0.39 is 0 Å². The Balaban J connectivity index is 0.00000112. The Bertz CT molecular complexity index is 286. The van der Waals surface area contributed by atoms with Crippen molar-refractivity contribution < 1.29 is 4.74 Å². The number of rotatable bonds is 8. The molecule has 4 nitrogen and oxygen atoms in total. The van der Waals surface area contributed by atoms with Gasteiger partial charge in [0.05, 0.1) is 11.9 Å². The molecule has 0 amide bonds. The van der Waals surface area contributed by atoms with E-state index in [1.165, 1.54) is 49.9 Å². The minimum absolute atomic E-state index is 0.470. The molecule has 1 saturated heterocycles. The Kier molecular flexibility index (Phi) is 15.6. The van der Waals surface area contributed by atoms with E-state index in [9.17, 15) is 0 Å². The number of unbranched alkanes of at least 4 members (excludes halogenated alkanes) is 2. The third-order valence-corrected chi connectivity index (χ3v) is 3.95. The van der Waals surface area contributed by atoms with Crippen LogP contribution in [0.5, 0.6) is 0 Å². The summed E-state index contributed by atoms with van der Waals surface area (Å²) < 4.78 is 5.81. The van der Waals surface area contributed by atoms with Crippen molar-refractivity contribution in [3.63, 3.8) is 0 Å². The maximum Gasteiger partial charge on any atom is 0.0975 e. The summed E-state index contributed by atoms with van der Waals surface area (Å²) in [6.07, 6.45) is 7.81. The Hall–Kier alpha value is -0.740. The second-order valence-electron chi connectivity index (χ2n) is 5.66. The summed E-state index contributed by atoms with van der Waals surface area (Å²) in [7, 11) is 0. The molecular weight excluding hydrogens is 286 g/mol. The highest BCUT2D eigenvalue weighted by Crippen LogP contribution is 2.11. The van der Waals surface area contributed by atoms with E-state index in [1.54, 1.807) is 0 Å². The van der Waals surface area contributed by atoms with E-state index in [2.05, 4.69) is 22.9 Å². The minimum Gasteiger partial charge on any atom is -0.377 e. The fraction of sp³-hybridized carbons (Fsp3) is 0.895. The number of nitrogens with one attached hydrogen (secondary N) is 3. The molecule has 1 unspecified atom stereocenters. The zero-order valence-corrected chi connectivity index (χ0v) is 16.3. The third kappa shape index (κ3) is 10.6. The average Bonchev–Trinajstić information content (AvgIpc) is 3.12. The van der Waals surface area contributed by atoms with Crippen molar-refractivity contribution in [3.05, 3.63) is 11.4 Å². The van der Waals surface area contributed by atoms with Gasteiger partial charge in [-0.1, -0.05) is 27.7 Å². The summed E-state index contributed by atoms with van der Waals surface area (Å²) in [4.78, 5) is 0. The highest BCUT2D eigenvalue weighted by Gasteiger charge is 2.13. The highest BCUT2D eigenvalue weighted by molar-refractivity contribution is 5.11. The standard InChI is InChI=1S/C15H29N3O.2C2H6/c1-13-6-5-9-18-15(13)17-8-3-2-4-11-19-14-7-10-16-12-14;2*1-2/h14,16-18H,2-12H2,1H3;2*1-2H3. The molecule has 0 saturated carbocycles. The van der Waals surface area contributed by atoms with Gasteiger partial charge in [0.1, 0.15) is 0 Å². The van der Waals surface area contributed by atoms with E-state index in [4.69, 9.17) is 4.74 Å². The largest absolute Gasteiger partial charge is 0.377 e. The summed E-state index contributed by atoms with van der Waals surface area (Å²) >= 11 is 0. The van der Waals surface area contributed by atoms with Crippen molar-refractivity contribution in [2.75, 3.05) is 32.8 Å². The van der Waals surface area contributed by atoms with E-state index in [1.807, 2.05) is 27.7 Å². The third-order valence-electron chi connectivity index (χ3n) is 3.95. The Labute approximate surface area is 144 Å². The van der Waals surface area contributed by atoms with E-state index in [-0.39, 0.29) is 0 Å². The van der Waals surface area contributed by atoms with Crippen molar-refractivity contribution >= 4 is 0 Å². The van der Waals surface area contributed by atoms with E-state index >= 15 is 0 Å². The molecule has 0 radical (unpaired) electrons. The highest BCUT2D eigenvalue weighted by atomic mass is 16.5. The first-order chi connectivity index (χ1) is 11.4. The molecule has 2 aliphatic heterocycles. The van der Waals surface area contributed by atoms with Crippen LogP contribution in [0, 0.1) is 0 Å². The molecule has 138 valence electrons. The van der Waals surface area contributed by atoms with Crippen molar-refractivity contribution in [3.8, 4) is 0 Å². The van der Waals surface area contributed by atoms with Gasteiger partial charge in [0, 0.05) is 26.2 Å². The van der Waals surface area contributed by atoms with Crippen LogP contribution in [0.3, 0.4) is 0 Å². The van der Waals surface area contributed by atoms with Crippen molar-refractivity contribution in [1.29, 1.82) is 0 Å². The second-order valence-corrected chi connectivity index (χ2v) is 5.66. The lowest BCUT2D eigenvalue weighted by Gasteiger charge is -2.21. The predicted octanol–water partition coefficient (Wildman–Crippen LogP) is 3.79. The lowest BCUT2D eigenvalue weighted by Crippen LogP contribution is -2.32. The Morgan fingerprint density at radius 2 is 1.87 bits per heavy atom. The zero-order valence-electron chi connectivity index (χ0n) is 16.3. The summed E-state index contributed by atoms with van der Waals surface area (Å²) in [5.74, 6) is 1.28. The first-order valence-electron chi connectivity index (χ1n) is 9.86. The number of hydrogen-bond acceptors (Lipinski definition) is 4. The van der Waals surface area contributed by atoms with Crippen LogP contribution in [0.2, 0.25) is 0 Å². The summed E-state index contributed by atoms with van der Waals surface area (Å²) in [6, 6.07) is 0. The molecule has 0 aromatic carbocycles. The van der Waals surface area contributed by atoms with Gasteiger partial charge in [-0.25, -0.2) is 0 Å². The molecular formula is C19H41N3O. The molecule has 2 rings (SSSR count). The van der Waals surface area contributed by atoms with Gasteiger partial charge in [-0.15, -0.1) is 0 Å². The van der Waals surface area contributed by atoms with Crippen LogP contribution in [0.4, 0.5) is 0 Å². The first kappa shape index (κ1) is 22.3. The van der Waals surface area contributed by atoms with E-state index in [0.29, 0.717) is 6.10 Å². The second kappa shape index (κ2) is 16.1. The van der Waals surface area contributed by atoms with Crippen LogP contribution in [0.15, 0.2) is 11.4 Å². The molecule has 0 aromatic rings. The molecule has 1 atom stereocenters. The molecule has 3 N–H and O–H groups in total. The van der Waals surface area contributed by atoms with Gasteiger partial charge in [-0.3, -0.25) is 0 Å². The van der Waals surface area contributed by atoms with Gasteiger partial charge < -0.3 is 20.7 Å². The quantitative estimate of drug-likeness (QED) is 0.594. The molecule has 2 aliphatic rings. The zero-order chi connectivity index (χ0) is 17.3. The smallest absolute Gasteiger partial charge is 0.0975 e. The maximum atomic E-state index is 5.81. The lowest BCUT2D eigenvalue weighted by molar-refractivity contribution is 0.0642. The Morgan fingerprint density at radius 3 is 2.52 bits per heavy atom. The molecule has 4 heteroatoms. The molecule has 2 heterocycles. The fourth-order valence-corrected chi connectivity index (χ4v) is 2.69. The van der Waals surface area contributed by atoms with Crippen molar-refractivity contribution in [2.24, 2.45) is 0 Å². The summed E-state index contributed by atoms with van der Waals surface area (Å²) in [5, 5.41) is 10.3. The molecule has 23 heavy (non-hydrogen) atoms. The van der Waals surface area contributed by atoms with Gasteiger partial charge in [-0.05, 0) is 57.6 Å². The summed E-state index contributed by atoms with van der Waals surface area (Å²) in [6.45, 7) is 15.5. The minimum atomic E-state index is 0.470. The number of allylic oxidation sites excluding steroid dienone is 1. The van der Waals surface area contributed by atoms with Gasteiger partial charge in [0.2, 0.25) is 0 Å². The monoisotopic (exact) mass is 327 g/mol. The van der Waals surface area contributed by atoms with E-state index in [0.717, 1.165) is 32.8 Å². The van der Waals surface area contributed by atoms with Gasteiger partial charge in [-0.2, -0.15) is 0 Å². The normalized spacial score (nSPS) is 20.0. The average molecular weight is 328 g/mol. The SMILES string of the molecule is CC.CC.CC1=C(NCCCCCOC2CCNC2)NCCC1. The topological polar surface area (TPSA) is 45.3 Å². The van der Waals surface area contributed by atoms with Gasteiger partial charge >= 0.3 is 0 Å². The van der Waals surface area contributed by atoms with Gasteiger partial charge in [0.15, 0.2) is 0 Å². The Morgan fingerprint density at radius 1 is 1.09 bits per heavy atom. The van der Waals surface area contributed by atoms with Crippen molar-refractivity contribution in [2.45, 2.75) is 79.2 Å². The fourth-order valence-electron chi connectivity index (χ4n) is 2.69. The molecule has 0 aliphatic carbocycles. The first-order valence-corrected chi connectivity index (χ1v) is 9.86. The number of ether oxygens (including phenoxy) is 1. The number of hydrogen-bond donors (Lipinski definition) is 3. The summed E-state index contributed by atoms with van der Waals surface area (Å²) in [5.41, 5.74) is 1.48. The van der Waals surface area contributed by atoms with Crippen LogP contribution in [0.25, 0.3) is 0 Å². The van der Waals surface area contributed by atoms with Crippen LogP contribution < -0.4 is 16.0 Å². The lowest BCUT2D eigenvalue weighted by atomic mass is 10.1. The maximum absolute atomic E-state index is 5.81. The molecule has 0 spiro atoms. The molecule has 1 fully saturated rings. The van der Waals surface area contributed by atoms with Crippen LogP contribution in [-0.4, -0.2) is 38.9 Å². The molecule has 0 aromatic heterocycles. The molecule has 0 bridgehead atoms. The van der Waals surface area contributed by atoms with Crippen LogP contribution >= 0.6 is 0 Å². The van der Waals surface area contributed by atoms with Crippen molar-refractivity contribution in [1.82, 2.24) is 16.0 Å². The van der Waals surface area contributed by atoms with Crippen LogP contribution in [0.1, 0.15) is 73.1 Å².